The Kier molecular flexibility index (Phi) is 5.28. The SMILES string of the molecule is CN(C)C(CNC(=O)c1ncccc1Br)c1cccs1. The monoisotopic (exact) mass is 353 g/mol. The summed E-state index contributed by atoms with van der Waals surface area (Å²) in [5, 5.41) is 4.99. The fourth-order valence-electron chi connectivity index (χ4n) is 1.84. The van der Waals surface area contributed by atoms with E-state index in [2.05, 4.69) is 37.2 Å². The summed E-state index contributed by atoms with van der Waals surface area (Å²) in [6, 6.07) is 7.87. The molecule has 0 saturated heterocycles. The number of nitrogens with zero attached hydrogens (tertiary/aromatic N) is 2. The van der Waals surface area contributed by atoms with Crippen LogP contribution in [0.4, 0.5) is 0 Å². The number of rotatable bonds is 5. The van der Waals surface area contributed by atoms with Gasteiger partial charge in [-0.25, -0.2) is 4.98 Å². The fourth-order valence-corrected chi connectivity index (χ4v) is 3.20. The third kappa shape index (κ3) is 3.65. The van der Waals surface area contributed by atoms with E-state index in [-0.39, 0.29) is 11.9 Å². The average Bonchev–Trinajstić information content (AvgIpc) is 2.92. The smallest absolute Gasteiger partial charge is 0.271 e. The van der Waals surface area contributed by atoms with Gasteiger partial charge in [0.2, 0.25) is 0 Å². The highest BCUT2D eigenvalue weighted by Gasteiger charge is 2.18. The molecule has 0 spiro atoms. The van der Waals surface area contributed by atoms with E-state index in [9.17, 15) is 4.79 Å². The zero-order valence-electron chi connectivity index (χ0n) is 11.3. The number of hydrogen-bond acceptors (Lipinski definition) is 4. The Morgan fingerprint density at radius 3 is 2.85 bits per heavy atom. The van der Waals surface area contributed by atoms with Gasteiger partial charge in [0.05, 0.1) is 6.04 Å². The number of carbonyl (C=O) groups excluding carboxylic acids is 1. The van der Waals surface area contributed by atoms with Crippen LogP contribution >= 0.6 is 27.3 Å². The summed E-state index contributed by atoms with van der Waals surface area (Å²) in [7, 11) is 4.01. The first kappa shape index (κ1) is 15.2. The van der Waals surface area contributed by atoms with Crippen molar-refractivity contribution in [3.63, 3.8) is 0 Å². The molecule has 1 unspecified atom stereocenters. The predicted molar refractivity (Wildman–Crippen MR) is 85.0 cm³/mol. The minimum absolute atomic E-state index is 0.166. The van der Waals surface area contributed by atoms with Crippen LogP contribution in [0.1, 0.15) is 21.4 Å². The minimum Gasteiger partial charge on any atom is -0.349 e. The number of carbonyl (C=O) groups is 1. The highest BCUT2D eigenvalue weighted by atomic mass is 79.9. The van der Waals surface area contributed by atoms with Gasteiger partial charge in [-0.15, -0.1) is 11.3 Å². The summed E-state index contributed by atoms with van der Waals surface area (Å²) in [5.74, 6) is -0.166. The molecule has 106 valence electrons. The number of aromatic nitrogens is 1. The summed E-state index contributed by atoms with van der Waals surface area (Å²) in [4.78, 5) is 19.6. The standard InChI is InChI=1S/C14H16BrN3OS/c1-18(2)11(12-6-4-8-20-12)9-17-14(19)13-10(15)5-3-7-16-13/h3-8,11H,9H2,1-2H3,(H,17,19). The maximum Gasteiger partial charge on any atom is 0.271 e. The Bertz CT molecular complexity index is 572. The molecular weight excluding hydrogens is 338 g/mol. The number of pyridine rings is 1. The Morgan fingerprint density at radius 2 is 2.25 bits per heavy atom. The highest BCUT2D eigenvalue weighted by Crippen LogP contribution is 2.22. The zero-order valence-corrected chi connectivity index (χ0v) is 13.7. The second kappa shape index (κ2) is 6.97. The van der Waals surface area contributed by atoms with E-state index in [0.29, 0.717) is 16.7 Å². The van der Waals surface area contributed by atoms with Gasteiger partial charge in [-0.2, -0.15) is 0 Å². The molecule has 2 rings (SSSR count). The Morgan fingerprint density at radius 1 is 1.45 bits per heavy atom. The zero-order chi connectivity index (χ0) is 14.5. The minimum atomic E-state index is -0.166. The van der Waals surface area contributed by atoms with Gasteiger partial charge < -0.3 is 10.2 Å². The van der Waals surface area contributed by atoms with Crippen molar-refractivity contribution in [1.82, 2.24) is 15.2 Å². The largest absolute Gasteiger partial charge is 0.349 e. The normalized spacial score (nSPS) is 12.4. The lowest BCUT2D eigenvalue weighted by Gasteiger charge is -2.23. The highest BCUT2D eigenvalue weighted by molar-refractivity contribution is 9.10. The van der Waals surface area contributed by atoms with Gasteiger partial charge in [0.25, 0.3) is 5.91 Å². The molecule has 6 heteroatoms. The Labute approximate surface area is 131 Å². The van der Waals surface area contributed by atoms with Gasteiger partial charge in [-0.05, 0) is 53.6 Å². The first-order valence-electron chi connectivity index (χ1n) is 6.18. The first-order chi connectivity index (χ1) is 9.59. The second-order valence-electron chi connectivity index (χ2n) is 4.54. The molecule has 4 nitrogen and oxygen atoms in total. The number of halogens is 1. The molecule has 20 heavy (non-hydrogen) atoms. The van der Waals surface area contributed by atoms with Crippen molar-refractivity contribution in [3.05, 3.63) is 50.9 Å². The van der Waals surface area contributed by atoms with Crippen LogP contribution in [0.3, 0.4) is 0 Å². The summed E-state index contributed by atoms with van der Waals surface area (Å²) in [5.41, 5.74) is 0.413. The topological polar surface area (TPSA) is 45.2 Å². The summed E-state index contributed by atoms with van der Waals surface area (Å²) < 4.78 is 0.704. The van der Waals surface area contributed by atoms with E-state index < -0.39 is 0 Å². The molecule has 0 aliphatic carbocycles. The second-order valence-corrected chi connectivity index (χ2v) is 6.37. The molecule has 1 N–H and O–H groups in total. The number of likely N-dealkylation sites (N-methyl/N-ethyl adjacent to an activating group) is 1. The first-order valence-corrected chi connectivity index (χ1v) is 7.85. The van der Waals surface area contributed by atoms with Crippen LogP contribution in [0.5, 0.6) is 0 Å². The van der Waals surface area contributed by atoms with E-state index >= 15 is 0 Å². The van der Waals surface area contributed by atoms with Gasteiger partial charge in [0.15, 0.2) is 0 Å². The van der Waals surface area contributed by atoms with Crippen molar-refractivity contribution in [1.29, 1.82) is 0 Å². The molecule has 0 bridgehead atoms. The van der Waals surface area contributed by atoms with E-state index in [1.165, 1.54) is 4.88 Å². The van der Waals surface area contributed by atoms with E-state index in [4.69, 9.17) is 0 Å². The van der Waals surface area contributed by atoms with Crippen LogP contribution < -0.4 is 5.32 Å². The van der Waals surface area contributed by atoms with Crippen molar-refractivity contribution < 1.29 is 4.79 Å². The summed E-state index contributed by atoms with van der Waals surface area (Å²) in [6.45, 7) is 0.551. The number of amides is 1. The molecule has 1 atom stereocenters. The van der Waals surface area contributed by atoms with Gasteiger partial charge in [0, 0.05) is 22.1 Å². The molecule has 0 saturated carbocycles. The molecule has 0 aromatic carbocycles. The molecule has 0 aliphatic rings. The molecule has 0 fully saturated rings. The van der Waals surface area contributed by atoms with Crippen LogP contribution in [0, 0.1) is 0 Å². The van der Waals surface area contributed by atoms with Crippen molar-refractivity contribution in [2.24, 2.45) is 0 Å². The van der Waals surface area contributed by atoms with Crippen molar-refractivity contribution >= 4 is 33.2 Å². The van der Waals surface area contributed by atoms with Crippen molar-refractivity contribution in [2.45, 2.75) is 6.04 Å². The Balaban J connectivity index is 2.03. The van der Waals surface area contributed by atoms with Crippen LogP contribution in [0.2, 0.25) is 0 Å². The molecule has 2 heterocycles. The Hall–Kier alpha value is -1.24. The van der Waals surface area contributed by atoms with E-state index in [0.717, 1.165) is 0 Å². The lowest BCUT2D eigenvalue weighted by molar-refractivity contribution is 0.0936. The lowest BCUT2D eigenvalue weighted by Crippen LogP contribution is -2.34. The maximum atomic E-state index is 12.1. The van der Waals surface area contributed by atoms with Crippen LogP contribution in [-0.2, 0) is 0 Å². The third-order valence-corrected chi connectivity index (χ3v) is 4.54. The maximum absolute atomic E-state index is 12.1. The van der Waals surface area contributed by atoms with Gasteiger partial charge in [-0.3, -0.25) is 4.79 Å². The molecule has 1 amide bonds. The van der Waals surface area contributed by atoms with Gasteiger partial charge in [-0.1, -0.05) is 6.07 Å². The summed E-state index contributed by atoms with van der Waals surface area (Å²) >= 11 is 5.03. The van der Waals surface area contributed by atoms with E-state index in [1.807, 2.05) is 31.6 Å². The quantitative estimate of drug-likeness (QED) is 0.898. The summed E-state index contributed by atoms with van der Waals surface area (Å²) in [6.07, 6.45) is 1.61. The number of hydrogen-bond donors (Lipinski definition) is 1. The van der Waals surface area contributed by atoms with Crippen molar-refractivity contribution in [3.8, 4) is 0 Å². The average molecular weight is 354 g/mol. The lowest BCUT2D eigenvalue weighted by atomic mass is 10.2. The van der Waals surface area contributed by atoms with Gasteiger partial charge >= 0.3 is 0 Å². The number of nitrogens with one attached hydrogen (secondary N) is 1. The predicted octanol–water partition coefficient (Wildman–Crippen LogP) is 2.94. The van der Waals surface area contributed by atoms with Crippen LogP contribution in [-0.4, -0.2) is 36.4 Å². The van der Waals surface area contributed by atoms with E-state index in [1.54, 1.807) is 23.6 Å². The van der Waals surface area contributed by atoms with Gasteiger partial charge in [0.1, 0.15) is 5.69 Å². The molecular formula is C14H16BrN3OS. The molecule has 0 radical (unpaired) electrons. The molecule has 0 aliphatic heterocycles. The number of thiophene rings is 1. The van der Waals surface area contributed by atoms with Crippen LogP contribution in [0.25, 0.3) is 0 Å². The van der Waals surface area contributed by atoms with Crippen LogP contribution in [0.15, 0.2) is 40.3 Å². The molecule has 2 aromatic heterocycles. The third-order valence-electron chi connectivity index (χ3n) is 2.92. The molecule has 2 aromatic rings. The fraction of sp³-hybridized carbons (Fsp3) is 0.286. The van der Waals surface area contributed by atoms with Crippen molar-refractivity contribution in [2.75, 3.05) is 20.6 Å².